The van der Waals surface area contributed by atoms with Crippen LogP contribution >= 0.6 is 11.6 Å². The lowest BCUT2D eigenvalue weighted by Gasteiger charge is -2.28. The number of ether oxygens (including phenoxy) is 4. The van der Waals surface area contributed by atoms with Gasteiger partial charge in [0.15, 0.2) is 0 Å². The first kappa shape index (κ1) is 52.3. The van der Waals surface area contributed by atoms with Crippen molar-refractivity contribution in [2.45, 2.75) is 47.1 Å². The summed E-state index contributed by atoms with van der Waals surface area (Å²) < 4.78 is 106. The zero-order valence-electron chi connectivity index (χ0n) is 37.6. The molecule has 1 N–H and O–H groups in total. The molecular weight excluding hydrogens is 982 g/mol. The van der Waals surface area contributed by atoms with Gasteiger partial charge in [0.05, 0.1) is 39.5 Å². The average molecular weight is 1030 g/mol. The van der Waals surface area contributed by atoms with Crippen molar-refractivity contribution in [3.63, 3.8) is 0 Å². The maximum atomic E-state index is 12.3. The molecule has 27 heteroatoms. The average Bonchev–Trinajstić information content (AvgIpc) is 4.18. The molecule has 2 aromatic carbocycles. The molecule has 0 spiro atoms. The van der Waals surface area contributed by atoms with E-state index in [1.54, 1.807) is 34.7 Å². The monoisotopic (exact) mass is 1030 g/mol. The summed E-state index contributed by atoms with van der Waals surface area (Å²) >= 11 is 5.90. The van der Waals surface area contributed by atoms with Gasteiger partial charge >= 0.3 is 12.7 Å². The summed E-state index contributed by atoms with van der Waals surface area (Å²) in [6, 6.07) is 17.7. The fourth-order valence-electron chi connectivity index (χ4n) is 6.72. The molecule has 6 aromatic heterocycles. The van der Waals surface area contributed by atoms with Crippen LogP contribution in [0.2, 0.25) is 5.15 Å². The molecule has 0 aliphatic carbocycles. The third-order valence-corrected chi connectivity index (χ3v) is 10.3. The lowest BCUT2D eigenvalue weighted by Crippen LogP contribution is -2.36. The van der Waals surface area contributed by atoms with Gasteiger partial charge in [0, 0.05) is 49.7 Å². The Morgan fingerprint density at radius 2 is 1.06 bits per heavy atom. The third-order valence-electron chi connectivity index (χ3n) is 10.1. The van der Waals surface area contributed by atoms with E-state index in [0.29, 0.717) is 54.2 Å². The molecule has 8 aromatic rings. The number of aromatic nitrogens is 12. The van der Waals surface area contributed by atoms with Crippen molar-refractivity contribution in [1.82, 2.24) is 65.1 Å². The van der Waals surface area contributed by atoms with E-state index in [1.807, 2.05) is 25.1 Å². The van der Waals surface area contributed by atoms with Gasteiger partial charge in [-0.3, -0.25) is 0 Å². The van der Waals surface area contributed by atoms with Crippen molar-refractivity contribution in [1.29, 1.82) is 0 Å². The fourth-order valence-corrected chi connectivity index (χ4v) is 6.92. The van der Waals surface area contributed by atoms with Gasteiger partial charge in [-0.05, 0) is 97.8 Å². The van der Waals surface area contributed by atoms with Crippen LogP contribution in [0.5, 0.6) is 11.5 Å². The fraction of sp³-hybridized carbons (Fsp3) is 0.333. The summed E-state index contributed by atoms with van der Waals surface area (Å²) in [5, 5.41) is 20.1. The minimum atomic E-state index is -4.76. The first-order valence-corrected chi connectivity index (χ1v) is 21.9. The molecule has 2 saturated heterocycles. The number of alkyl halides is 6. The smallest absolute Gasteiger partial charge is 0.406 e. The minimum absolute atomic E-state index is 0. The molecule has 2 fully saturated rings. The van der Waals surface area contributed by atoms with Gasteiger partial charge in [0.2, 0.25) is 23.3 Å². The second kappa shape index (κ2) is 23.6. The number of rotatable bonds is 11. The molecule has 8 heterocycles. The number of pyridine rings is 2. The Balaban J connectivity index is 0.000000188. The van der Waals surface area contributed by atoms with Crippen molar-refractivity contribution in [3.8, 4) is 57.7 Å². The van der Waals surface area contributed by atoms with Crippen molar-refractivity contribution < 1.29 is 54.3 Å². The van der Waals surface area contributed by atoms with Gasteiger partial charge in [-0.15, -0.1) is 36.5 Å². The van der Waals surface area contributed by atoms with Crippen LogP contribution < -0.4 is 19.7 Å². The van der Waals surface area contributed by atoms with Crippen LogP contribution in [0.1, 0.15) is 30.2 Å². The molecule has 10 rings (SSSR count). The van der Waals surface area contributed by atoms with Crippen LogP contribution in [0.25, 0.3) is 46.2 Å². The highest BCUT2D eigenvalue weighted by Gasteiger charge is 2.32. The van der Waals surface area contributed by atoms with Crippen LogP contribution in [0.3, 0.4) is 0 Å². The number of halogens is 7. The summed E-state index contributed by atoms with van der Waals surface area (Å²) in [4.78, 5) is 27.8. The molecule has 2 aliphatic heterocycles. The number of hydrogen-bond donors (Lipinski definition) is 1. The predicted octanol–water partition coefficient (Wildman–Crippen LogP) is 8.02. The molecule has 20 nitrogen and oxygen atoms in total. The second-order valence-electron chi connectivity index (χ2n) is 15.2. The summed E-state index contributed by atoms with van der Waals surface area (Å²) in [5.41, 5.74) is 2.80. The summed E-state index contributed by atoms with van der Waals surface area (Å²) in [6.45, 7) is 11.3. The van der Waals surface area contributed by atoms with Crippen LogP contribution in [-0.4, -0.2) is 125 Å². The Bertz CT molecular complexity index is 2960. The van der Waals surface area contributed by atoms with E-state index in [2.05, 4.69) is 70.1 Å². The highest BCUT2D eigenvalue weighted by molar-refractivity contribution is 6.29. The second-order valence-corrected chi connectivity index (χ2v) is 15.6. The Labute approximate surface area is 411 Å². The molecule has 0 bridgehead atoms. The molecule has 2 aliphatic rings. The maximum absolute atomic E-state index is 12.3. The van der Waals surface area contributed by atoms with E-state index in [9.17, 15) is 26.3 Å². The zero-order valence-corrected chi connectivity index (χ0v) is 38.3. The maximum Gasteiger partial charge on any atom is 0.573 e. The third kappa shape index (κ3) is 14.7. The summed E-state index contributed by atoms with van der Waals surface area (Å²) in [5.74, 6) is 2.49. The van der Waals surface area contributed by atoms with E-state index in [-0.39, 0.29) is 54.0 Å². The quantitative estimate of drug-likeness (QED) is 0.0958. The number of anilines is 1. The number of aryl methyl sites for hydroxylation is 2. The Morgan fingerprint density at radius 3 is 1.49 bits per heavy atom. The molecule has 380 valence electrons. The molecule has 0 unspecified atom stereocenters. The normalized spacial score (nSPS) is 13.8. The largest absolute Gasteiger partial charge is 0.573 e. The number of nitrogens with one attached hydrogen (secondary N) is 1. The number of morpholine rings is 2. The van der Waals surface area contributed by atoms with Gasteiger partial charge in [0.25, 0.3) is 11.8 Å². The molecule has 0 radical (unpaired) electrons. The van der Waals surface area contributed by atoms with Crippen LogP contribution in [-0.2, 0) is 22.6 Å². The Hall–Kier alpha value is -7.55. The van der Waals surface area contributed by atoms with Crippen LogP contribution in [0, 0.1) is 13.8 Å². The molecule has 0 amide bonds. The topological polar surface area (TPSA) is 217 Å². The van der Waals surface area contributed by atoms with E-state index >= 15 is 0 Å². The van der Waals surface area contributed by atoms with E-state index in [0.717, 1.165) is 68.5 Å². The lowest BCUT2D eigenvalue weighted by molar-refractivity contribution is -0.275. The summed E-state index contributed by atoms with van der Waals surface area (Å²) in [6.07, 6.45) is -6.16. The molecular formula is C45H45ClF6N14O6. The first-order valence-electron chi connectivity index (χ1n) is 21.5. The van der Waals surface area contributed by atoms with Gasteiger partial charge < -0.3 is 38.2 Å². The van der Waals surface area contributed by atoms with Gasteiger partial charge in [0.1, 0.15) is 34.1 Å². The van der Waals surface area contributed by atoms with E-state index < -0.39 is 12.7 Å². The lowest BCUT2D eigenvalue weighted by atomic mass is 10.2. The van der Waals surface area contributed by atoms with Crippen molar-refractivity contribution in [2.24, 2.45) is 0 Å². The van der Waals surface area contributed by atoms with Crippen molar-refractivity contribution in [2.75, 3.05) is 57.5 Å². The molecule has 0 saturated carbocycles. The van der Waals surface area contributed by atoms with Crippen LogP contribution in [0.15, 0.2) is 94.2 Å². The van der Waals surface area contributed by atoms with Crippen LogP contribution in [0.4, 0.5) is 32.2 Å². The van der Waals surface area contributed by atoms with E-state index in [4.69, 9.17) is 30.1 Å². The number of nitrogens with zero attached hydrogens (tertiary/aromatic N) is 13. The standard InChI is InChI=1S/C22H20F3N7O3.C18H12ClF3N6O2.C4H9NO.CH4/c1-14-27-20(21-28-19(30-35-21)16-2-4-17(5-3-16)34-22(23,24)25)29-32(14)13-15-6-7-26-18(12-15)31-8-10-33-11-9-31;1-10-24-16(26-28(10)9-11-6-7-23-14(19)8-11)17-25-15(27-30-17)12-2-4-13(5-3-12)29-18(20,21)22;1-3-6-4-2-5-1;/h2-7,12H,8-11,13H2,1H3;2-8H,9H2,1H3;5H,1-4H2;1H4. The molecule has 0 atom stereocenters. The predicted molar refractivity (Wildman–Crippen MR) is 245 cm³/mol. The number of hydrogen-bond acceptors (Lipinski definition) is 18. The van der Waals surface area contributed by atoms with Crippen molar-refractivity contribution >= 4 is 17.4 Å². The zero-order chi connectivity index (χ0) is 50.0. The van der Waals surface area contributed by atoms with E-state index in [1.165, 1.54) is 36.4 Å². The number of benzene rings is 2. The van der Waals surface area contributed by atoms with Crippen molar-refractivity contribution in [3.05, 3.63) is 113 Å². The van der Waals surface area contributed by atoms with Gasteiger partial charge in [-0.25, -0.2) is 29.3 Å². The minimum Gasteiger partial charge on any atom is -0.406 e. The molecule has 72 heavy (non-hydrogen) atoms. The SMILES string of the molecule is C.C1COCCN1.Cc1nc(-c2nc(-c3ccc(OC(F)(F)F)cc3)no2)nn1Cc1ccnc(Cl)c1.Cc1nc(-c2nc(-c3ccc(OC(F)(F)F)cc3)no2)nn1Cc1ccnc(N2CCOCC2)c1. The van der Waals surface area contributed by atoms with Gasteiger partial charge in [-0.2, -0.15) is 9.97 Å². The Morgan fingerprint density at radius 1 is 0.597 bits per heavy atom. The first-order chi connectivity index (χ1) is 34.1. The highest BCUT2D eigenvalue weighted by atomic mass is 35.5. The summed E-state index contributed by atoms with van der Waals surface area (Å²) in [7, 11) is 0. The highest BCUT2D eigenvalue weighted by Crippen LogP contribution is 2.29. The van der Waals surface area contributed by atoms with Gasteiger partial charge in [-0.1, -0.05) is 29.3 Å². The Kier molecular flexibility index (Phi) is 17.1.